The minimum Gasteiger partial charge on any atom is -0.310 e. The maximum Gasteiger partial charge on any atom is 0.0325 e. The van der Waals surface area contributed by atoms with Gasteiger partial charge in [0, 0.05) is 6.04 Å². The molecule has 0 aliphatic heterocycles. The summed E-state index contributed by atoms with van der Waals surface area (Å²) < 4.78 is 0. The number of hydrogen-bond acceptors (Lipinski definition) is 1. The average molecular weight is 217 g/mol. The highest BCUT2D eigenvalue weighted by Gasteiger charge is 2.26. The maximum atomic E-state index is 3.64. The van der Waals surface area contributed by atoms with Crippen LogP contribution in [0.15, 0.2) is 24.3 Å². The predicted molar refractivity (Wildman–Crippen MR) is 69.6 cm³/mol. The Morgan fingerprint density at radius 1 is 1.25 bits per heavy atom. The molecule has 1 aromatic carbocycles. The summed E-state index contributed by atoms with van der Waals surface area (Å²) in [5.74, 6) is 0.981. The van der Waals surface area contributed by atoms with E-state index in [0.29, 0.717) is 6.04 Å². The predicted octanol–water partition coefficient (Wildman–Crippen LogP) is 3.70. The van der Waals surface area contributed by atoms with Crippen molar-refractivity contribution < 1.29 is 0 Å². The van der Waals surface area contributed by atoms with Crippen molar-refractivity contribution >= 4 is 0 Å². The molecule has 1 aliphatic rings. The van der Waals surface area contributed by atoms with E-state index in [1.165, 1.54) is 30.4 Å². The highest BCUT2D eigenvalue weighted by molar-refractivity contribution is 5.30. The van der Waals surface area contributed by atoms with Gasteiger partial charge < -0.3 is 5.32 Å². The number of hydrogen-bond donors (Lipinski definition) is 1. The third kappa shape index (κ3) is 2.85. The Balaban J connectivity index is 2.14. The van der Waals surface area contributed by atoms with E-state index in [2.05, 4.69) is 43.4 Å². The van der Waals surface area contributed by atoms with Gasteiger partial charge in [-0.2, -0.15) is 0 Å². The Morgan fingerprint density at radius 2 is 2.00 bits per heavy atom. The molecule has 88 valence electrons. The molecule has 0 saturated heterocycles. The van der Waals surface area contributed by atoms with E-state index >= 15 is 0 Å². The van der Waals surface area contributed by atoms with Crippen molar-refractivity contribution in [2.45, 2.75) is 45.6 Å². The van der Waals surface area contributed by atoms with Gasteiger partial charge in [-0.05, 0) is 36.4 Å². The third-order valence-corrected chi connectivity index (χ3v) is 3.53. The first-order valence-electron chi connectivity index (χ1n) is 6.66. The van der Waals surface area contributed by atoms with E-state index in [1.807, 2.05) is 0 Å². The molecule has 2 rings (SSSR count). The van der Waals surface area contributed by atoms with E-state index in [-0.39, 0.29) is 0 Å². The van der Waals surface area contributed by atoms with Crippen LogP contribution in [0.5, 0.6) is 0 Å². The van der Waals surface area contributed by atoms with E-state index in [4.69, 9.17) is 0 Å². The van der Waals surface area contributed by atoms with Crippen molar-refractivity contribution in [3.63, 3.8) is 0 Å². The summed E-state index contributed by atoms with van der Waals surface area (Å²) in [7, 11) is 0. The minimum absolute atomic E-state index is 0.577. The lowest BCUT2D eigenvalue weighted by molar-refractivity contribution is 0.484. The lowest BCUT2D eigenvalue weighted by atomic mass is 9.95. The fourth-order valence-electron chi connectivity index (χ4n) is 2.45. The van der Waals surface area contributed by atoms with Gasteiger partial charge >= 0.3 is 0 Å². The summed E-state index contributed by atoms with van der Waals surface area (Å²) >= 11 is 0. The van der Waals surface area contributed by atoms with Gasteiger partial charge in [0.25, 0.3) is 0 Å². The molecule has 1 atom stereocenters. The van der Waals surface area contributed by atoms with Crippen LogP contribution in [0.1, 0.15) is 50.3 Å². The minimum atomic E-state index is 0.577. The molecule has 0 spiro atoms. The molecule has 1 saturated carbocycles. The Bertz CT molecular complexity index is 328. The van der Waals surface area contributed by atoms with Gasteiger partial charge in [-0.25, -0.2) is 0 Å². The summed E-state index contributed by atoms with van der Waals surface area (Å²) in [6.45, 7) is 5.52. The molecule has 1 nitrogen and oxygen atoms in total. The lowest BCUT2D eigenvalue weighted by Crippen LogP contribution is -2.22. The van der Waals surface area contributed by atoms with Gasteiger partial charge in [-0.3, -0.25) is 0 Å². The van der Waals surface area contributed by atoms with Crippen LogP contribution in [0.4, 0.5) is 0 Å². The number of rotatable bonds is 6. The Kier molecular flexibility index (Phi) is 4.00. The van der Waals surface area contributed by atoms with Crippen molar-refractivity contribution in [2.24, 2.45) is 5.92 Å². The molecule has 0 radical (unpaired) electrons. The maximum absolute atomic E-state index is 3.64. The summed E-state index contributed by atoms with van der Waals surface area (Å²) in [5.41, 5.74) is 3.04. The molecule has 0 heterocycles. The highest BCUT2D eigenvalue weighted by Crippen LogP contribution is 2.38. The molecule has 1 aliphatic carbocycles. The van der Waals surface area contributed by atoms with E-state index in [1.54, 1.807) is 0 Å². The fourth-order valence-corrected chi connectivity index (χ4v) is 2.45. The zero-order chi connectivity index (χ0) is 11.4. The van der Waals surface area contributed by atoms with Crippen molar-refractivity contribution in [3.05, 3.63) is 35.4 Å². The first-order valence-corrected chi connectivity index (χ1v) is 6.66. The van der Waals surface area contributed by atoms with Crippen molar-refractivity contribution in [3.8, 4) is 0 Å². The topological polar surface area (TPSA) is 12.0 Å². The first kappa shape index (κ1) is 11.7. The van der Waals surface area contributed by atoms with Crippen LogP contribution >= 0.6 is 0 Å². The van der Waals surface area contributed by atoms with Crippen LogP contribution in [0.25, 0.3) is 0 Å². The van der Waals surface area contributed by atoms with E-state index in [9.17, 15) is 0 Å². The Morgan fingerprint density at radius 3 is 2.62 bits per heavy atom. The third-order valence-electron chi connectivity index (χ3n) is 3.53. The Labute approximate surface area is 99.3 Å². The van der Waals surface area contributed by atoms with E-state index in [0.717, 1.165) is 18.9 Å². The summed E-state index contributed by atoms with van der Waals surface area (Å²) in [6.07, 6.45) is 5.35. The largest absolute Gasteiger partial charge is 0.310 e. The van der Waals surface area contributed by atoms with E-state index < -0.39 is 0 Å². The summed E-state index contributed by atoms with van der Waals surface area (Å²) in [4.78, 5) is 0. The zero-order valence-corrected chi connectivity index (χ0v) is 10.5. The molecule has 0 amide bonds. The van der Waals surface area contributed by atoms with Crippen LogP contribution in [0.3, 0.4) is 0 Å². The lowest BCUT2D eigenvalue weighted by Gasteiger charge is -2.21. The highest BCUT2D eigenvalue weighted by atomic mass is 14.9. The average Bonchev–Trinajstić information content (AvgIpc) is 3.12. The van der Waals surface area contributed by atoms with Crippen LogP contribution in [0, 0.1) is 5.92 Å². The molecular formula is C15H23N. The monoisotopic (exact) mass is 217 g/mol. The molecule has 16 heavy (non-hydrogen) atoms. The van der Waals surface area contributed by atoms with Gasteiger partial charge in [-0.15, -0.1) is 0 Å². The smallest absolute Gasteiger partial charge is 0.0325 e. The van der Waals surface area contributed by atoms with Gasteiger partial charge in [-0.1, -0.05) is 51.0 Å². The Hall–Kier alpha value is -0.820. The van der Waals surface area contributed by atoms with Crippen molar-refractivity contribution in [1.29, 1.82) is 0 Å². The second kappa shape index (κ2) is 5.49. The second-order valence-corrected chi connectivity index (χ2v) is 4.84. The number of nitrogens with one attached hydrogen (secondary N) is 1. The van der Waals surface area contributed by atoms with Gasteiger partial charge in [0.2, 0.25) is 0 Å². The normalized spacial score (nSPS) is 17.4. The molecule has 0 bridgehead atoms. The molecule has 1 heteroatoms. The van der Waals surface area contributed by atoms with Crippen LogP contribution < -0.4 is 5.32 Å². The molecule has 1 unspecified atom stereocenters. The summed E-state index contributed by atoms with van der Waals surface area (Å²) in [5, 5.41) is 3.64. The van der Waals surface area contributed by atoms with Crippen LogP contribution in [-0.2, 0) is 6.42 Å². The van der Waals surface area contributed by atoms with Gasteiger partial charge in [0.15, 0.2) is 0 Å². The van der Waals surface area contributed by atoms with Crippen LogP contribution in [-0.4, -0.2) is 6.54 Å². The standard InChI is InChI=1S/C15H23N/c1-3-13-7-5-6-8-14(13)15(16-4-2)11-12-9-10-12/h5-8,12,15-16H,3-4,9-11H2,1-2H3. The van der Waals surface area contributed by atoms with Gasteiger partial charge in [0.1, 0.15) is 0 Å². The number of aryl methyl sites for hydroxylation is 1. The SMILES string of the molecule is CCNC(CC1CC1)c1ccccc1CC. The molecule has 0 aromatic heterocycles. The molecule has 1 aromatic rings. The zero-order valence-electron chi connectivity index (χ0n) is 10.5. The molecule has 1 N–H and O–H groups in total. The van der Waals surface area contributed by atoms with Crippen LogP contribution in [0.2, 0.25) is 0 Å². The first-order chi connectivity index (χ1) is 7.85. The summed E-state index contributed by atoms with van der Waals surface area (Å²) in [6, 6.07) is 9.48. The second-order valence-electron chi connectivity index (χ2n) is 4.84. The van der Waals surface area contributed by atoms with Gasteiger partial charge in [0.05, 0.1) is 0 Å². The van der Waals surface area contributed by atoms with Crippen molar-refractivity contribution in [1.82, 2.24) is 5.32 Å². The molecular weight excluding hydrogens is 194 g/mol. The molecule has 1 fully saturated rings. The quantitative estimate of drug-likeness (QED) is 0.766. The fraction of sp³-hybridized carbons (Fsp3) is 0.600. The van der Waals surface area contributed by atoms with Crippen molar-refractivity contribution in [2.75, 3.05) is 6.54 Å². The number of benzene rings is 1.